The van der Waals surface area contributed by atoms with Crippen LogP contribution in [0, 0.1) is 17.5 Å². The Morgan fingerprint density at radius 1 is 1.03 bits per heavy atom. The van der Waals surface area contributed by atoms with Crippen molar-refractivity contribution in [3.05, 3.63) is 98.1 Å². The topological polar surface area (TPSA) is 75.7 Å². The molecule has 6 nitrogen and oxygen atoms in total. The smallest absolute Gasteiger partial charge is 0.294 e. The summed E-state index contributed by atoms with van der Waals surface area (Å²) in [5, 5.41) is 2.25. The molecule has 0 bridgehead atoms. The molecule has 1 fully saturated rings. The summed E-state index contributed by atoms with van der Waals surface area (Å²) in [6, 6.07) is 13.2. The first-order valence-corrected chi connectivity index (χ1v) is 12.0. The molecule has 1 aliphatic rings. The van der Waals surface area contributed by atoms with Gasteiger partial charge in [0.25, 0.3) is 11.1 Å². The summed E-state index contributed by atoms with van der Waals surface area (Å²) in [5.41, 5.74) is 0.653. The third kappa shape index (κ3) is 6.27. The highest BCUT2D eigenvalue weighted by Gasteiger charge is 2.36. The average Bonchev–Trinajstić information content (AvgIpc) is 3.11. The molecule has 0 spiro atoms. The van der Waals surface area contributed by atoms with Gasteiger partial charge in [0.05, 0.1) is 10.6 Å². The summed E-state index contributed by atoms with van der Waals surface area (Å²) < 4.78 is 46.0. The van der Waals surface area contributed by atoms with Crippen LogP contribution in [0.4, 0.5) is 23.7 Å². The first-order valence-electron chi connectivity index (χ1n) is 10.5. The van der Waals surface area contributed by atoms with Crippen LogP contribution >= 0.6 is 35.0 Å². The van der Waals surface area contributed by atoms with E-state index in [4.69, 9.17) is 27.9 Å². The molecule has 0 unspecified atom stereocenters. The molecule has 0 atom stereocenters. The zero-order valence-electron chi connectivity index (χ0n) is 18.6. The largest absolute Gasteiger partial charge is 0.489 e. The van der Waals surface area contributed by atoms with Gasteiger partial charge < -0.3 is 10.1 Å². The van der Waals surface area contributed by atoms with Crippen LogP contribution in [-0.4, -0.2) is 28.5 Å². The van der Waals surface area contributed by atoms with Gasteiger partial charge in [-0.25, -0.2) is 13.2 Å². The van der Waals surface area contributed by atoms with Gasteiger partial charge in [-0.15, -0.1) is 0 Å². The van der Waals surface area contributed by atoms with Crippen LogP contribution < -0.4 is 10.1 Å². The third-order valence-electron chi connectivity index (χ3n) is 5.05. The number of nitrogens with zero attached hydrogens (tertiary/aromatic N) is 1. The average molecular weight is 567 g/mol. The first-order chi connectivity index (χ1) is 17.6. The number of rotatable bonds is 7. The fraction of sp³-hybridized carbons (Fsp3) is 0.0800. The number of nitrogens with one attached hydrogen (secondary N) is 1. The summed E-state index contributed by atoms with van der Waals surface area (Å²) in [7, 11) is 0. The lowest BCUT2D eigenvalue weighted by atomic mass is 10.2. The highest BCUT2D eigenvalue weighted by molar-refractivity contribution is 8.18. The van der Waals surface area contributed by atoms with Crippen LogP contribution in [-0.2, 0) is 16.2 Å². The lowest BCUT2D eigenvalue weighted by Crippen LogP contribution is -2.36. The van der Waals surface area contributed by atoms with Gasteiger partial charge in [0.15, 0.2) is 17.5 Å². The number of thioether (sulfide) groups is 1. The molecule has 0 radical (unpaired) electrons. The minimum absolute atomic E-state index is 0.0507. The molecule has 0 aliphatic carbocycles. The Morgan fingerprint density at radius 2 is 1.81 bits per heavy atom. The Bertz CT molecular complexity index is 1450. The van der Waals surface area contributed by atoms with Crippen molar-refractivity contribution in [2.75, 3.05) is 11.9 Å². The minimum Gasteiger partial charge on any atom is -0.489 e. The van der Waals surface area contributed by atoms with Crippen molar-refractivity contribution in [1.82, 2.24) is 4.90 Å². The highest BCUT2D eigenvalue weighted by Crippen LogP contribution is 2.33. The molecular formula is C25H15Cl2F3N2O4S. The van der Waals surface area contributed by atoms with E-state index in [1.165, 1.54) is 6.08 Å². The van der Waals surface area contributed by atoms with Crippen molar-refractivity contribution in [2.45, 2.75) is 6.61 Å². The van der Waals surface area contributed by atoms with E-state index in [1.807, 2.05) is 5.32 Å². The lowest BCUT2D eigenvalue weighted by Gasteiger charge is -2.13. The summed E-state index contributed by atoms with van der Waals surface area (Å²) in [6.45, 7) is -0.574. The quantitative estimate of drug-likeness (QED) is 0.255. The number of hydrogen-bond acceptors (Lipinski definition) is 5. The molecule has 3 amide bonds. The van der Waals surface area contributed by atoms with Crippen molar-refractivity contribution >= 4 is 63.8 Å². The number of hydrogen-bond donors (Lipinski definition) is 1. The van der Waals surface area contributed by atoms with E-state index in [2.05, 4.69) is 0 Å². The van der Waals surface area contributed by atoms with E-state index >= 15 is 0 Å². The van der Waals surface area contributed by atoms with Gasteiger partial charge in [-0.1, -0.05) is 41.4 Å². The normalized spacial score (nSPS) is 14.4. The van der Waals surface area contributed by atoms with Gasteiger partial charge >= 0.3 is 0 Å². The zero-order chi connectivity index (χ0) is 26.7. The van der Waals surface area contributed by atoms with Crippen molar-refractivity contribution in [3.8, 4) is 5.75 Å². The standard InChI is InChI=1S/C25H15Cl2F3N2O4S/c26-15-5-4-14(17(27)10-15)12-36-16-3-1-2-13(8-16)9-20-24(34)32(25(35)37-20)11-21(33)31-19-7-6-18(28)22(29)23(19)30/h1-10H,11-12H2,(H,31,33)/b20-9+. The van der Waals surface area contributed by atoms with E-state index < -0.39 is 46.7 Å². The maximum Gasteiger partial charge on any atom is 0.294 e. The monoisotopic (exact) mass is 566 g/mol. The molecule has 1 N–H and O–H groups in total. The number of ether oxygens (including phenoxy) is 1. The van der Waals surface area contributed by atoms with Gasteiger partial charge in [0.1, 0.15) is 18.9 Å². The molecule has 3 aromatic carbocycles. The molecule has 1 saturated heterocycles. The SMILES string of the molecule is O=C(CN1C(=O)S/C(=C/c2cccc(OCc3ccc(Cl)cc3Cl)c2)C1=O)Nc1ccc(F)c(F)c1F. The second kappa shape index (κ2) is 11.3. The van der Waals surface area contributed by atoms with Crippen LogP contribution in [0.3, 0.4) is 0 Å². The molecule has 4 rings (SSSR count). The lowest BCUT2D eigenvalue weighted by molar-refractivity contribution is -0.127. The predicted molar refractivity (Wildman–Crippen MR) is 135 cm³/mol. The van der Waals surface area contributed by atoms with Gasteiger partial charge in [0, 0.05) is 15.6 Å². The Balaban J connectivity index is 1.42. The number of imide groups is 1. The first kappa shape index (κ1) is 26.6. The number of carbonyl (C=O) groups is 3. The Labute approximate surface area is 223 Å². The molecule has 1 heterocycles. The van der Waals surface area contributed by atoms with Crippen molar-refractivity contribution < 1.29 is 32.3 Å². The van der Waals surface area contributed by atoms with E-state index in [-0.39, 0.29) is 11.5 Å². The van der Waals surface area contributed by atoms with Crippen LogP contribution in [0.1, 0.15) is 11.1 Å². The van der Waals surface area contributed by atoms with Crippen LogP contribution in [0.5, 0.6) is 5.75 Å². The van der Waals surface area contributed by atoms with Gasteiger partial charge in [0.2, 0.25) is 5.91 Å². The molecule has 12 heteroatoms. The second-order valence-electron chi connectivity index (χ2n) is 7.64. The molecule has 190 valence electrons. The number of anilines is 1. The fourth-order valence-corrected chi connectivity index (χ4v) is 4.54. The molecule has 1 aliphatic heterocycles. The van der Waals surface area contributed by atoms with Crippen molar-refractivity contribution in [2.24, 2.45) is 0 Å². The Hall–Kier alpha value is -3.47. The number of amides is 3. The maximum atomic E-state index is 13.8. The Morgan fingerprint density at radius 3 is 2.57 bits per heavy atom. The summed E-state index contributed by atoms with van der Waals surface area (Å²) >= 11 is 12.7. The number of halogens is 5. The second-order valence-corrected chi connectivity index (χ2v) is 9.47. The third-order valence-corrected chi connectivity index (χ3v) is 6.54. The minimum atomic E-state index is -1.76. The summed E-state index contributed by atoms with van der Waals surface area (Å²) in [4.78, 5) is 38.0. The number of carbonyl (C=O) groups excluding carboxylic acids is 3. The highest BCUT2D eigenvalue weighted by atomic mass is 35.5. The number of benzene rings is 3. The molecule has 0 saturated carbocycles. The van der Waals surface area contributed by atoms with E-state index in [0.717, 1.165) is 11.6 Å². The van der Waals surface area contributed by atoms with Crippen molar-refractivity contribution in [3.63, 3.8) is 0 Å². The van der Waals surface area contributed by atoms with E-state index in [9.17, 15) is 27.6 Å². The summed E-state index contributed by atoms with van der Waals surface area (Å²) in [6.07, 6.45) is 1.46. The maximum absolute atomic E-state index is 13.8. The van der Waals surface area contributed by atoms with Gasteiger partial charge in [-0.3, -0.25) is 19.3 Å². The fourth-order valence-electron chi connectivity index (χ4n) is 3.24. The van der Waals surface area contributed by atoms with Crippen LogP contribution in [0.25, 0.3) is 6.08 Å². The van der Waals surface area contributed by atoms with E-state index in [1.54, 1.807) is 42.5 Å². The molecule has 0 aromatic heterocycles. The van der Waals surface area contributed by atoms with E-state index in [0.29, 0.717) is 44.1 Å². The van der Waals surface area contributed by atoms with Gasteiger partial charge in [-0.2, -0.15) is 0 Å². The molecule has 37 heavy (non-hydrogen) atoms. The molecular weight excluding hydrogens is 552 g/mol. The predicted octanol–water partition coefficient (Wildman–Crippen LogP) is 6.66. The van der Waals surface area contributed by atoms with Crippen LogP contribution in [0.15, 0.2) is 59.5 Å². The summed E-state index contributed by atoms with van der Waals surface area (Å²) in [5.74, 6) is -6.00. The zero-order valence-corrected chi connectivity index (χ0v) is 20.9. The van der Waals surface area contributed by atoms with Crippen LogP contribution in [0.2, 0.25) is 10.0 Å². The van der Waals surface area contributed by atoms with Crippen molar-refractivity contribution in [1.29, 1.82) is 0 Å². The molecule has 3 aromatic rings. The Kier molecular flexibility index (Phi) is 8.11. The van der Waals surface area contributed by atoms with Gasteiger partial charge in [-0.05, 0) is 59.8 Å².